The molecule has 0 aliphatic carbocycles. The van der Waals surface area contributed by atoms with Crippen molar-refractivity contribution in [1.82, 2.24) is 0 Å². The number of hydrogen-bond acceptors (Lipinski definition) is 3. The molecule has 0 unspecified atom stereocenters. The minimum atomic E-state index is -4.33. The third-order valence-corrected chi connectivity index (χ3v) is 2.83. The lowest BCUT2D eigenvalue weighted by atomic mass is 10.2. The standard InChI is InChI=1S/C12H12BrF3O4/c13-10-3-2-8(6-9(10)11(17)18)20-5-1-4-19-7-12(14,15)16/h2-3,6H,1,4-5,7H2,(H,17,18). The zero-order valence-electron chi connectivity index (χ0n) is 10.2. The number of aromatic carboxylic acids is 1. The molecule has 4 nitrogen and oxygen atoms in total. The number of benzene rings is 1. The van der Waals surface area contributed by atoms with Crippen LogP contribution in [0, 0.1) is 0 Å². The molecule has 0 heterocycles. The zero-order valence-corrected chi connectivity index (χ0v) is 11.8. The van der Waals surface area contributed by atoms with Crippen molar-refractivity contribution in [3.05, 3.63) is 28.2 Å². The van der Waals surface area contributed by atoms with Gasteiger partial charge in [-0.25, -0.2) is 4.79 Å². The van der Waals surface area contributed by atoms with Crippen LogP contribution in [-0.2, 0) is 4.74 Å². The summed E-state index contributed by atoms with van der Waals surface area (Å²) < 4.78 is 45.4. The van der Waals surface area contributed by atoms with E-state index in [4.69, 9.17) is 9.84 Å². The van der Waals surface area contributed by atoms with E-state index in [2.05, 4.69) is 20.7 Å². The predicted molar refractivity (Wildman–Crippen MR) is 68.1 cm³/mol. The monoisotopic (exact) mass is 356 g/mol. The third-order valence-electron chi connectivity index (χ3n) is 2.14. The van der Waals surface area contributed by atoms with E-state index in [0.717, 1.165) is 0 Å². The predicted octanol–water partition coefficient (Wildman–Crippen LogP) is 3.50. The number of carboxylic acids is 1. The maximum absolute atomic E-state index is 11.8. The quantitative estimate of drug-likeness (QED) is 0.759. The van der Waals surface area contributed by atoms with E-state index in [1.54, 1.807) is 6.07 Å². The highest BCUT2D eigenvalue weighted by Gasteiger charge is 2.27. The molecule has 0 saturated carbocycles. The topological polar surface area (TPSA) is 55.8 Å². The van der Waals surface area contributed by atoms with Gasteiger partial charge >= 0.3 is 12.1 Å². The van der Waals surface area contributed by atoms with Crippen LogP contribution in [0.1, 0.15) is 16.8 Å². The van der Waals surface area contributed by atoms with Crippen molar-refractivity contribution in [2.75, 3.05) is 19.8 Å². The Labute approximate surface area is 121 Å². The fourth-order valence-electron chi connectivity index (χ4n) is 1.30. The van der Waals surface area contributed by atoms with E-state index in [-0.39, 0.29) is 25.2 Å². The van der Waals surface area contributed by atoms with E-state index in [9.17, 15) is 18.0 Å². The van der Waals surface area contributed by atoms with Crippen molar-refractivity contribution >= 4 is 21.9 Å². The molecule has 0 spiro atoms. The summed E-state index contributed by atoms with van der Waals surface area (Å²) in [5, 5.41) is 8.90. The van der Waals surface area contributed by atoms with Crippen molar-refractivity contribution in [3.8, 4) is 5.75 Å². The van der Waals surface area contributed by atoms with E-state index in [1.165, 1.54) is 12.1 Å². The summed E-state index contributed by atoms with van der Waals surface area (Å²) in [4.78, 5) is 10.9. The highest BCUT2D eigenvalue weighted by atomic mass is 79.9. The van der Waals surface area contributed by atoms with E-state index < -0.39 is 18.8 Å². The van der Waals surface area contributed by atoms with Gasteiger partial charge in [-0.05, 0) is 34.1 Å². The zero-order chi connectivity index (χ0) is 15.2. The van der Waals surface area contributed by atoms with Crippen LogP contribution in [0.5, 0.6) is 5.75 Å². The molecule has 1 N–H and O–H groups in total. The average molecular weight is 357 g/mol. The Balaban J connectivity index is 2.32. The number of carbonyl (C=O) groups is 1. The molecule has 1 rings (SSSR count). The number of alkyl halides is 3. The summed E-state index contributed by atoms with van der Waals surface area (Å²) in [5.74, 6) is -0.766. The number of carboxylic acid groups (broad SMARTS) is 1. The minimum Gasteiger partial charge on any atom is -0.493 e. The molecule has 0 atom stereocenters. The molecule has 0 saturated heterocycles. The molecule has 0 aromatic heterocycles. The van der Waals surface area contributed by atoms with Gasteiger partial charge in [-0.2, -0.15) is 13.2 Å². The number of rotatable bonds is 7. The lowest BCUT2D eigenvalue weighted by Gasteiger charge is -2.09. The molecule has 112 valence electrons. The highest BCUT2D eigenvalue weighted by molar-refractivity contribution is 9.10. The second kappa shape index (κ2) is 7.49. The molecule has 20 heavy (non-hydrogen) atoms. The first-order valence-electron chi connectivity index (χ1n) is 5.60. The van der Waals surface area contributed by atoms with Gasteiger partial charge in [-0.15, -0.1) is 0 Å². The third kappa shape index (κ3) is 6.25. The smallest absolute Gasteiger partial charge is 0.411 e. The van der Waals surface area contributed by atoms with Crippen LogP contribution in [-0.4, -0.2) is 37.1 Å². The molecule has 0 bridgehead atoms. The number of hydrogen-bond donors (Lipinski definition) is 1. The van der Waals surface area contributed by atoms with Gasteiger partial charge in [-0.3, -0.25) is 0 Å². The molecule has 1 aromatic rings. The van der Waals surface area contributed by atoms with Gasteiger partial charge in [0.15, 0.2) is 0 Å². The summed E-state index contributed by atoms with van der Waals surface area (Å²) in [7, 11) is 0. The normalized spacial score (nSPS) is 11.4. The molecule has 1 aromatic carbocycles. The van der Waals surface area contributed by atoms with Crippen LogP contribution < -0.4 is 4.74 Å². The van der Waals surface area contributed by atoms with Gasteiger partial charge in [0.25, 0.3) is 0 Å². The van der Waals surface area contributed by atoms with Crippen molar-refractivity contribution in [2.45, 2.75) is 12.6 Å². The largest absolute Gasteiger partial charge is 0.493 e. The lowest BCUT2D eigenvalue weighted by molar-refractivity contribution is -0.174. The van der Waals surface area contributed by atoms with Crippen molar-refractivity contribution in [1.29, 1.82) is 0 Å². The second-order valence-electron chi connectivity index (χ2n) is 3.82. The number of ether oxygens (including phenoxy) is 2. The Morgan fingerprint density at radius 2 is 2.00 bits per heavy atom. The van der Waals surface area contributed by atoms with Gasteiger partial charge in [-0.1, -0.05) is 0 Å². The van der Waals surface area contributed by atoms with E-state index in [0.29, 0.717) is 10.2 Å². The van der Waals surface area contributed by atoms with Crippen LogP contribution in [0.25, 0.3) is 0 Å². The Bertz CT molecular complexity index is 463. The van der Waals surface area contributed by atoms with Crippen LogP contribution >= 0.6 is 15.9 Å². The lowest BCUT2D eigenvalue weighted by Crippen LogP contribution is -2.18. The first kappa shape index (κ1) is 16.8. The van der Waals surface area contributed by atoms with E-state index in [1.807, 2.05) is 0 Å². The summed E-state index contributed by atoms with van der Waals surface area (Å²) in [5.41, 5.74) is 0.0517. The molecule has 0 aliphatic heterocycles. The first-order valence-corrected chi connectivity index (χ1v) is 6.39. The van der Waals surface area contributed by atoms with Crippen LogP contribution in [0.15, 0.2) is 22.7 Å². The van der Waals surface area contributed by atoms with Gasteiger partial charge in [0.2, 0.25) is 0 Å². The fourth-order valence-corrected chi connectivity index (χ4v) is 1.71. The summed E-state index contributed by atoms with van der Waals surface area (Å²) in [6, 6.07) is 4.43. The molecular formula is C12H12BrF3O4. The molecule has 0 radical (unpaired) electrons. The Kier molecular flexibility index (Phi) is 6.28. The maximum Gasteiger partial charge on any atom is 0.411 e. The Morgan fingerprint density at radius 1 is 1.30 bits per heavy atom. The molecular weight excluding hydrogens is 345 g/mol. The fraction of sp³-hybridized carbons (Fsp3) is 0.417. The first-order chi connectivity index (χ1) is 9.29. The molecule has 0 aliphatic rings. The molecule has 8 heteroatoms. The maximum atomic E-state index is 11.8. The van der Waals surface area contributed by atoms with E-state index >= 15 is 0 Å². The average Bonchev–Trinajstić information content (AvgIpc) is 2.33. The number of halogens is 4. The second-order valence-corrected chi connectivity index (χ2v) is 4.67. The SMILES string of the molecule is O=C(O)c1cc(OCCCOCC(F)(F)F)ccc1Br. The summed E-state index contributed by atoms with van der Waals surface area (Å²) >= 11 is 3.09. The summed E-state index contributed by atoms with van der Waals surface area (Å²) in [6.07, 6.45) is -4.06. The van der Waals surface area contributed by atoms with Crippen LogP contribution in [0.3, 0.4) is 0 Å². The van der Waals surface area contributed by atoms with Gasteiger partial charge in [0.1, 0.15) is 12.4 Å². The van der Waals surface area contributed by atoms with Crippen molar-refractivity contribution < 1.29 is 32.5 Å². The highest BCUT2D eigenvalue weighted by Crippen LogP contribution is 2.22. The van der Waals surface area contributed by atoms with Crippen LogP contribution in [0.2, 0.25) is 0 Å². The minimum absolute atomic E-state index is 0.0517. The Hall–Kier alpha value is -1.28. The van der Waals surface area contributed by atoms with Crippen LogP contribution in [0.4, 0.5) is 13.2 Å². The van der Waals surface area contributed by atoms with Crippen molar-refractivity contribution in [2.24, 2.45) is 0 Å². The molecule has 0 amide bonds. The summed E-state index contributed by atoms with van der Waals surface area (Å²) in [6.45, 7) is -1.23. The van der Waals surface area contributed by atoms with Gasteiger partial charge in [0, 0.05) is 10.9 Å². The van der Waals surface area contributed by atoms with Gasteiger partial charge in [0.05, 0.1) is 18.8 Å². The van der Waals surface area contributed by atoms with Crippen molar-refractivity contribution in [3.63, 3.8) is 0 Å². The van der Waals surface area contributed by atoms with Gasteiger partial charge < -0.3 is 14.6 Å². The molecule has 0 fully saturated rings. The Morgan fingerprint density at radius 3 is 2.60 bits per heavy atom.